The highest BCUT2D eigenvalue weighted by molar-refractivity contribution is 9.10. The highest BCUT2D eigenvalue weighted by Gasteiger charge is 2.53. The van der Waals surface area contributed by atoms with Gasteiger partial charge in [-0.3, -0.25) is 13.9 Å². The average molecular weight is 712 g/mol. The molecule has 1 aliphatic carbocycles. The second-order valence-electron chi connectivity index (χ2n) is 11.2. The van der Waals surface area contributed by atoms with Gasteiger partial charge in [-0.05, 0) is 73.4 Å². The fourth-order valence-corrected chi connectivity index (χ4v) is 7.67. The third-order valence-electron chi connectivity index (χ3n) is 8.11. The molecule has 2 aliphatic rings. The van der Waals surface area contributed by atoms with Crippen molar-refractivity contribution in [1.29, 1.82) is 0 Å². The Labute approximate surface area is 266 Å². The smallest absolute Gasteiger partial charge is 0.416 e. The lowest BCUT2D eigenvalue weighted by atomic mass is 9.62. The van der Waals surface area contributed by atoms with Crippen LogP contribution in [0, 0.1) is 5.41 Å². The van der Waals surface area contributed by atoms with E-state index in [9.17, 15) is 36.3 Å². The van der Waals surface area contributed by atoms with E-state index in [1.54, 1.807) is 25.3 Å². The summed E-state index contributed by atoms with van der Waals surface area (Å²) in [5.41, 5.74) is -1.35. The van der Waals surface area contributed by atoms with Crippen LogP contribution in [0.4, 0.5) is 18.9 Å². The normalized spacial score (nSPS) is 21.2. The quantitative estimate of drug-likeness (QED) is 0.273. The van der Waals surface area contributed by atoms with Crippen LogP contribution in [0.1, 0.15) is 36.8 Å². The first kappa shape index (κ1) is 32.6. The minimum atomic E-state index is -4.75. The number of carboxylic acid groups (broad SMARTS) is 1. The largest absolute Gasteiger partial charge is 0.497 e. The van der Waals surface area contributed by atoms with Gasteiger partial charge in [0.05, 0.1) is 35.2 Å². The number of nitrogens with zero attached hydrogens (tertiary/aromatic N) is 1. The summed E-state index contributed by atoms with van der Waals surface area (Å²) in [5.74, 6) is -0.476. The van der Waals surface area contributed by atoms with Crippen LogP contribution in [-0.2, 0) is 32.2 Å². The van der Waals surface area contributed by atoms with Crippen molar-refractivity contribution < 1.29 is 45.8 Å². The molecule has 1 atom stereocenters. The standard InChI is InChI=1S/C31H30BrF3N2O7S/c1-43-23-9-5-19(6-10-23)7-12-28(38)36-22-15-30(16-22,29(39)40)17-24-18-37(26-14-21(32)8-11-27(26)44-24)45(41,42)25-4-2-3-20(13-25)31(33,34)35/h2-6,8-11,13-14,22,24H,7,12,15-18H2,1H3,(H,36,38)(H,39,40)/t22?,24-,30?/m0/s1. The predicted molar refractivity (Wildman–Crippen MR) is 162 cm³/mol. The summed E-state index contributed by atoms with van der Waals surface area (Å²) in [6.07, 6.45) is -4.82. The molecule has 3 aromatic carbocycles. The van der Waals surface area contributed by atoms with Crippen molar-refractivity contribution in [2.75, 3.05) is 18.0 Å². The lowest BCUT2D eigenvalue weighted by Crippen LogP contribution is -2.57. The maximum atomic E-state index is 13.8. The van der Waals surface area contributed by atoms with E-state index in [-0.39, 0.29) is 55.6 Å². The number of carbonyl (C=O) groups excluding carboxylic acids is 1. The van der Waals surface area contributed by atoms with Crippen molar-refractivity contribution in [2.45, 2.75) is 55.3 Å². The molecule has 9 nitrogen and oxygen atoms in total. The van der Waals surface area contributed by atoms with E-state index in [4.69, 9.17) is 9.47 Å². The Morgan fingerprint density at radius 1 is 1.11 bits per heavy atom. The molecule has 0 saturated heterocycles. The first-order valence-corrected chi connectivity index (χ1v) is 16.3. The van der Waals surface area contributed by atoms with E-state index >= 15 is 0 Å². The van der Waals surface area contributed by atoms with Gasteiger partial charge in [0.15, 0.2) is 0 Å². The Kier molecular flexibility index (Phi) is 9.09. The lowest BCUT2D eigenvalue weighted by molar-refractivity contribution is -0.160. The van der Waals surface area contributed by atoms with Gasteiger partial charge < -0.3 is 19.9 Å². The van der Waals surface area contributed by atoms with Crippen LogP contribution in [0.5, 0.6) is 11.5 Å². The number of aryl methyl sites for hydroxylation is 1. The molecule has 1 aliphatic heterocycles. The summed E-state index contributed by atoms with van der Waals surface area (Å²) in [6, 6.07) is 15.0. The number of ether oxygens (including phenoxy) is 2. The summed E-state index contributed by atoms with van der Waals surface area (Å²) < 4.78 is 80.4. The number of aliphatic carboxylic acids is 1. The second kappa shape index (κ2) is 12.5. The highest BCUT2D eigenvalue weighted by Crippen LogP contribution is 2.48. The molecule has 45 heavy (non-hydrogen) atoms. The number of hydrogen-bond acceptors (Lipinski definition) is 6. The van der Waals surface area contributed by atoms with Crippen LogP contribution in [0.25, 0.3) is 0 Å². The predicted octanol–water partition coefficient (Wildman–Crippen LogP) is 5.81. The van der Waals surface area contributed by atoms with Gasteiger partial charge in [0.25, 0.3) is 10.0 Å². The second-order valence-corrected chi connectivity index (χ2v) is 14.0. The molecule has 2 N–H and O–H groups in total. The molecule has 0 radical (unpaired) electrons. The first-order chi connectivity index (χ1) is 21.2. The Morgan fingerprint density at radius 3 is 2.47 bits per heavy atom. The maximum absolute atomic E-state index is 13.8. The summed E-state index contributed by atoms with van der Waals surface area (Å²) in [4.78, 5) is 24.5. The molecule has 0 spiro atoms. The number of sulfonamides is 1. The van der Waals surface area contributed by atoms with Crippen molar-refractivity contribution >= 4 is 43.5 Å². The number of alkyl halides is 3. The SMILES string of the molecule is COc1ccc(CCC(=O)NC2CC(C[C@H]3CN(S(=O)(=O)c4cccc(C(F)(F)F)c4)c4cc(Br)ccc4O3)(C(=O)O)C2)cc1. The minimum Gasteiger partial charge on any atom is -0.497 e. The number of benzene rings is 3. The minimum absolute atomic E-state index is 0.0787. The van der Waals surface area contributed by atoms with E-state index in [2.05, 4.69) is 21.2 Å². The van der Waals surface area contributed by atoms with Gasteiger partial charge in [0.2, 0.25) is 5.91 Å². The third-order valence-corrected chi connectivity index (χ3v) is 10.4. The van der Waals surface area contributed by atoms with Gasteiger partial charge >= 0.3 is 12.1 Å². The zero-order valence-corrected chi connectivity index (χ0v) is 26.4. The monoisotopic (exact) mass is 710 g/mol. The molecule has 0 bridgehead atoms. The summed E-state index contributed by atoms with van der Waals surface area (Å²) >= 11 is 3.30. The van der Waals surface area contributed by atoms with Crippen molar-refractivity contribution in [2.24, 2.45) is 5.41 Å². The van der Waals surface area contributed by atoms with Crippen molar-refractivity contribution in [3.8, 4) is 11.5 Å². The Balaban J connectivity index is 1.29. The fraction of sp³-hybridized carbons (Fsp3) is 0.355. The lowest BCUT2D eigenvalue weighted by Gasteiger charge is -2.47. The molecule has 240 valence electrons. The summed E-state index contributed by atoms with van der Waals surface area (Å²) in [6.45, 7) is -0.323. The van der Waals surface area contributed by atoms with Crippen LogP contribution < -0.4 is 19.1 Å². The number of methoxy groups -OCH3 is 1. The molecular formula is C31H30BrF3N2O7S. The van der Waals surface area contributed by atoms with E-state index in [0.717, 1.165) is 28.1 Å². The number of hydrogen-bond donors (Lipinski definition) is 2. The Bertz CT molecular complexity index is 1690. The number of carbonyl (C=O) groups is 2. The number of amides is 1. The number of fused-ring (bicyclic) bond motifs is 1. The molecule has 1 amide bonds. The molecule has 1 fully saturated rings. The van der Waals surface area contributed by atoms with Crippen LogP contribution >= 0.6 is 15.9 Å². The molecule has 3 aromatic rings. The number of nitrogens with one attached hydrogen (secondary N) is 1. The molecule has 0 aromatic heterocycles. The number of rotatable bonds is 10. The fourth-order valence-electron chi connectivity index (χ4n) is 5.78. The van der Waals surface area contributed by atoms with Crippen LogP contribution in [0.2, 0.25) is 0 Å². The zero-order valence-electron chi connectivity index (χ0n) is 24.0. The van der Waals surface area contributed by atoms with Crippen LogP contribution in [0.15, 0.2) is 76.1 Å². The topological polar surface area (TPSA) is 122 Å². The van der Waals surface area contributed by atoms with Gasteiger partial charge in [-0.2, -0.15) is 13.2 Å². The number of halogens is 4. The summed E-state index contributed by atoms with van der Waals surface area (Å²) in [7, 11) is -2.95. The van der Waals surface area contributed by atoms with Gasteiger partial charge in [-0.15, -0.1) is 0 Å². The Hall–Kier alpha value is -3.78. The molecular weight excluding hydrogens is 681 g/mol. The highest BCUT2D eigenvalue weighted by atomic mass is 79.9. The van der Waals surface area contributed by atoms with Crippen molar-refractivity contribution in [3.63, 3.8) is 0 Å². The summed E-state index contributed by atoms with van der Waals surface area (Å²) in [5, 5.41) is 13.1. The van der Waals surface area contributed by atoms with Gasteiger partial charge in [0, 0.05) is 23.4 Å². The van der Waals surface area contributed by atoms with Crippen molar-refractivity contribution in [1.82, 2.24) is 5.32 Å². The maximum Gasteiger partial charge on any atom is 0.416 e. The van der Waals surface area contributed by atoms with Crippen LogP contribution in [0.3, 0.4) is 0 Å². The molecule has 0 unspecified atom stereocenters. The molecule has 5 rings (SSSR count). The van der Waals surface area contributed by atoms with Gasteiger partial charge in [0.1, 0.15) is 17.6 Å². The van der Waals surface area contributed by atoms with E-state index < -0.39 is 44.1 Å². The van der Waals surface area contributed by atoms with E-state index in [1.165, 1.54) is 12.1 Å². The zero-order chi connectivity index (χ0) is 32.6. The number of anilines is 1. The average Bonchev–Trinajstić information content (AvgIpc) is 2.98. The molecule has 1 saturated carbocycles. The van der Waals surface area contributed by atoms with Gasteiger partial charge in [-0.25, -0.2) is 8.42 Å². The Morgan fingerprint density at radius 2 is 1.82 bits per heavy atom. The van der Waals surface area contributed by atoms with Gasteiger partial charge in [-0.1, -0.05) is 34.1 Å². The van der Waals surface area contributed by atoms with E-state index in [0.29, 0.717) is 22.7 Å². The van der Waals surface area contributed by atoms with E-state index in [1.807, 2.05) is 12.1 Å². The first-order valence-electron chi connectivity index (χ1n) is 14.0. The van der Waals surface area contributed by atoms with Crippen molar-refractivity contribution in [3.05, 3.63) is 82.3 Å². The molecule has 14 heteroatoms. The molecule has 1 heterocycles. The van der Waals surface area contributed by atoms with Crippen LogP contribution in [-0.4, -0.2) is 51.2 Å². The third kappa shape index (κ3) is 7.06. The number of carboxylic acids is 1.